The van der Waals surface area contributed by atoms with E-state index in [0.29, 0.717) is 58.6 Å². The number of rotatable bonds is 10. The van der Waals surface area contributed by atoms with Gasteiger partial charge in [0.2, 0.25) is 11.8 Å². The van der Waals surface area contributed by atoms with Gasteiger partial charge in [0.1, 0.15) is 6.04 Å². The molecule has 3 rings (SSSR count). The van der Waals surface area contributed by atoms with Crippen LogP contribution in [0.2, 0.25) is 10.0 Å². The first-order chi connectivity index (χ1) is 18.2. The fourth-order valence-electron chi connectivity index (χ4n) is 4.19. The molecule has 11 heteroatoms. The number of amides is 2. The predicted octanol–water partition coefficient (Wildman–Crippen LogP) is 4.80. The SMILES string of the molecule is COc1ccc(C[C@H](NC(=O)C2CCN(C(=O)/C=C/c3ccc(SC)c(Cl)c3Cl)CC2)C(=O)O)cc1OC. The van der Waals surface area contributed by atoms with Gasteiger partial charge in [-0.15, -0.1) is 11.8 Å². The van der Waals surface area contributed by atoms with Crippen molar-refractivity contribution in [1.29, 1.82) is 0 Å². The molecule has 38 heavy (non-hydrogen) atoms. The highest BCUT2D eigenvalue weighted by atomic mass is 35.5. The number of carbonyl (C=O) groups excluding carboxylic acids is 2. The maximum Gasteiger partial charge on any atom is 0.326 e. The first-order valence-corrected chi connectivity index (χ1v) is 13.9. The summed E-state index contributed by atoms with van der Waals surface area (Å²) in [6.07, 6.45) is 5.94. The maximum atomic E-state index is 12.9. The van der Waals surface area contributed by atoms with E-state index < -0.39 is 12.0 Å². The van der Waals surface area contributed by atoms with Crippen LogP contribution in [0.25, 0.3) is 6.08 Å². The van der Waals surface area contributed by atoms with Gasteiger partial charge in [0.15, 0.2) is 11.5 Å². The minimum absolute atomic E-state index is 0.0913. The number of piperidine rings is 1. The van der Waals surface area contributed by atoms with Crippen molar-refractivity contribution in [2.75, 3.05) is 33.6 Å². The van der Waals surface area contributed by atoms with E-state index >= 15 is 0 Å². The van der Waals surface area contributed by atoms with E-state index in [9.17, 15) is 19.5 Å². The average Bonchev–Trinajstić information content (AvgIpc) is 2.93. The molecule has 0 aromatic heterocycles. The fraction of sp³-hybridized carbons (Fsp3) is 0.370. The number of carbonyl (C=O) groups is 3. The third-order valence-electron chi connectivity index (χ3n) is 6.38. The van der Waals surface area contributed by atoms with Crippen LogP contribution in [-0.4, -0.2) is 67.4 Å². The van der Waals surface area contributed by atoms with Crippen LogP contribution in [0.5, 0.6) is 11.5 Å². The summed E-state index contributed by atoms with van der Waals surface area (Å²) in [4.78, 5) is 39.9. The van der Waals surface area contributed by atoms with Crippen molar-refractivity contribution in [3.05, 3.63) is 57.6 Å². The van der Waals surface area contributed by atoms with Crippen LogP contribution < -0.4 is 14.8 Å². The standard InChI is InChI=1S/C27H30Cl2N2O6S/c1-36-20-7-4-16(15-21(20)37-2)14-19(27(34)35)30-26(33)18-10-12-31(13-11-18)23(32)9-6-17-5-8-22(38-3)25(29)24(17)28/h4-9,15,18-19H,10-14H2,1-3H3,(H,30,33)(H,34,35)/b9-6+/t19-/m0/s1. The van der Waals surface area contributed by atoms with Crippen LogP contribution in [-0.2, 0) is 20.8 Å². The number of nitrogens with zero attached hydrogens (tertiary/aromatic N) is 1. The van der Waals surface area contributed by atoms with Crippen molar-refractivity contribution in [3.8, 4) is 11.5 Å². The number of methoxy groups -OCH3 is 2. The molecule has 0 saturated carbocycles. The molecule has 0 unspecified atom stereocenters. The Morgan fingerprint density at radius 2 is 1.79 bits per heavy atom. The van der Waals surface area contributed by atoms with E-state index in [1.54, 1.807) is 35.2 Å². The number of aliphatic carboxylic acids is 1. The van der Waals surface area contributed by atoms with E-state index in [0.717, 1.165) is 4.90 Å². The van der Waals surface area contributed by atoms with E-state index in [1.165, 1.54) is 32.1 Å². The molecule has 1 aliphatic heterocycles. The van der Waals surface area contributed by atoms with Gasteiger partial charge in [-0.05, 0) is 54.5 Å². The number of carboxylic acid groups (broad SMARTS) is 1. The second-order valence-corrected chi connectivity index (χ2v) is 10.3. The second-order valence-electron chi connectivity index (χ2n) is 8.71. The molecule has 8 nitrogen and oxygen atoms in total. The number of halogens is 2. The van der Waals surface area contributed by atoms with Crippen LogP contribution in [0.4, 0.5) is 0 Å². The Morgan fingerprint density at radius 3 is 2.39 bits per heavy atom. The molecule has 0 spiro atoms. The minimum atomic E-state index is -1.13. The summed E-state index contributed by atoms with van der Waals surface area (Å²) < 4.78 is 10.5. The first-order valence-electron chi connectivity index (χ1n) is 11.9. The van der Waals surface area contributed by atoms with Gasteiger partial charge in [-0.2, -0.15) is 0 Å². The van der Waals surface area contributed by atoms with Gasteiger partial charge in [0.05, 0.1) is 24.3 Å². The quantitative estimate of drug-likeness (QED) is 0.307. The van der Waals surface area contributed by atoms with Crippen LogP contribution >= 0.6 is 35.0 Å². The molecule has 1 heterocycles. The number of hydrogen-bond acceptors (Lipinski definition) is 6. The highest BCUT2D eigenvalue weighted by Gasteiger charge is 2.30. The Morgan fingerprint density at radius 1 is 1.11 bits per heavy atom. The summed E-state index contributed by atoms with van der Waals surface area (Å²) in [5.74, 6) is -1.03. The van der Waals surface area contributed by atoms with Gasteiger partial charge in [-0.3, -0.25) is 9.59 Å². The summed E-state index contributed by atoms with van der Waals surface area (Å²) in [6.45, 7) is 0.767. The number of thioether (sulfide) groups is 1. The summed E-state index contributed by atoms with van der Waals surface area (Å²) in [7, 11) is 3.02. The number of carboxylic acids is 1. The van der Waals surface area contributed by atoms with Gasteiger partial charge in [-0.1, -0.05) is 35.3 Å². The molecule has 2 aromatic carbocycles. The third-order valence-corrected chi connectivity index (χ3v) is 8.17. The zero-order valence-electron chi connectivity index (χ0n) is 21.3. The molecule has 2 aromatic rings. The zero-order valence-corrected chi connectivity index (χ0v) is 23.7. The molecular weight excluding hydrogens is 551 g/mol. The van der Waals surface area contributed by atoms with Crippen molar-refractivity contribution >= 4 is 58.8 Å². The lowest BCUT2D eigenvalue weighted by Gasteiger charge is -2.31. The van der Waals surface area contributed by atoms with E-state index in [4.69, 9.17) is 32.7 Å². The molecule has 1 aliphatic rings. The monoisotopic (exact) mass is 580 g/mol. The Balaban J connectivity index is 1.56. The van der Waals surface area contributed by atoms with Gasteiger partial charge < -0.3 is 24.8 Å². The number of nitrogens with one attached hydrogen (secondary N) is 1. The average molecular weight is 582 g/mol. The normalized spacial score (nSPS) is 14.8. The molecule has 204 valence electrons. The fourth-order valence-corrected chi connectivity index (χ4v) is 5.37. The van der Waals surface area contributed by atoms with Crippen LogP contribution in [0.15, 0.2) is 41.3 Å². The summed E-state index contributed by atoms with van der Waals surface area (Å²) in [5.41, 5.74) is 1.33. The minimum Gasteiger partial charge on any atom is -0.493 e. The first kappa shape index (κ1) is 29.7. The number of benzene rings is 2. The lowest BCUT2D eigenvalue weighted by molar-refractivity contribution is -0.142. The van der Waals surface area contributed by atoms with Gasteiger partial charge in [-0.25, -0.2) is 4.79 Å². The lowest BCUT2D eigenvalue weighted by atomic mass is 9.95. The highest BCUT2D eigenvalue weighted by molar-refractivity contribution is 7.98. The highest BCUT2D eigenvalue weighted by Crippen LogP contribution is 2.35. The van der Waals surface area contributed by atoms with E-state index in [-0.39, 0.29) is 24.2 Å². The molecular formula is C27H30Cl2N2O6S. The molecule has 2 amide bonds. The Hall–Kier alpha value is -2.88. The largest absolute Gasteiger partial charge is 0.493 e. The Bertz CT molecular complexity index is 1210. The van der Waals surface area contributed by atoms with E-state index in [2.05, 4.69) is 5.32 Å². The topological polar surface area (TPSA) is 105 Å². The zero-order chi connectivity index (χ0) is 27.8. The molecule has 0 bridgehead atoms. The van der Waals surface area contributed by atoms with Crippen LogP contribution in [0.1, 0.15) is 24.0 Å². The van der Waals surface area contributed by atoms with Crippen LogP contribution in [0.3, 0.4) is 0 Å². The van der Waals surface area contributed by atoms with Crippen molar-refractivity contribution in [2.24, 2.45) is 5.92 Å². The number of hydrogen-bond donors (Lipinski definition) is 2. The number of ether oxygens (including phenoxy) is 2. The molecule has 0 aliphatic carbocycles. The predicted molar refractivity (Wildman–Crippen MR) is 149 cm³/mol. The molecule has 2 N–H and O–H groups in total. The Kier molecular flexibility index (Phi) is 10.8. The lowest BCUT2D eigenvalue weighted by Crippen LogP contribution is -2.48. The van der Waals surface area contributed by atoms with Crippen molar-refractivity contribution in [3.63, 3.8) is 0 Å². The van der Waals surface area contributed by atoms with Gasteiger partial charge in [0.25, 0.3) is 0 Å². The van der Waals surface area contributed by atoms with Gasteiger partial charge >= 0.3 is 5.97 Å². The van der Waals surface area contributed by atoms with Crippen LogP contribution in [0, 0.1) is 5.92 Å². The molecule has 1 saturated heterocycles. The molecule has 1 fully saturated rings. The van der Waals surface area contributed by atoms with Crippen molar-refractivity contribution < 1.29 is 29.0 Å². The molecule has 1 atom stereocenters. The summed E-state index contributed by atoms with van der Waals surface area (Å²) >= 11 is 14.1. The van der Waals surface area contributed by atoms with Crippen molar-refractivity contribution in [1.82, 2.24) is 10.2 Å². The third kappa shape index (κ3) is 7.36. The summed E-state index contributed by atoms with van der Waals surface area (Å²) in [5, 5.41) is 13.2. The molecule has 0 radical (unpaired) electrons. The Labute approximate surface area is 236 Å². The van der Waals surface area contributed by atoms with E-state index in [1.807, 2.05) is 12.3 Å². The van der Waals surface area contributed by atoms with Crippen molar-refractivity contribution in [2.45, 2.75) is 30.2 Å². The van der Waals surface area contributed by atoms with Gasteiger partial charge in [0, 0.05) is 36.4 Å². The summed E-state index contributed by atoms with van der Waals surface area (Å²) in [6, 6.07) is 7.68. The maximum absolute atomic E-state index is 12.9. The number of likely N-dealkylation sites (tertiary alicyclic amines) is 1. The smallest absolute Gasteiger partial charge is 0.326 e. The second kappa shape index (κ2) is 13.8.